The monoisotopic (exact) mass is 479 g/mol. The first-order valence-electron chi connectivity index (χ1n) is 10.6. The van der Waals surface area contributed by atoms with Crippen molar-refractivity contribution in [2.24, 2.45) is 5.84 Å². The van der Waals surface area contributed by atoms with Gasteiger partial charge in [-0.2, -0.15) is 13.2 Å². The number of nitrogens with one attached hydrogen (secondary N) is 4. The Hall–Kier alpha value is -3.73. The molecular weight excluding hydrogens is 451 g/mol. The van der Waals surface area contributed by atoms with Gasteiger partial charge in [-0.05, 0) is 43.5 Å². The molecule has 0 spiro atoms. The van der Waals surface area contributed by atoms with E-state index >= 15 is 0 Å². The lowest BCUT2D eigenvalue weighted by Gasteiger charge is -2.15. The van der Waals surface area contributed by atoms with Crippen LogP contribution in [0.3, 0.4) is 0 Å². The highest BCUT2D eigenvalue weighted by Gasteiger charge is 2.28. The molecule has 0 unspecified atom stereocenters. The Morgan fingerprint density at radius 2 is 1.82 bits per heavy atom. The molecule has 2 rings (SSSR count). The number of ether oxygens (including phenoxy) is 1. The highest BCUT2D eigenvalue weighted by Crippen LogP contribution is 2.27. The maximum atomic E-state index is 12.4. The van der Waals surface area contributed by atoms with Crippen LogP contribution in [0.5, 0.6) is 5.75 Å². The van der Waals surface area contributed by atoms with E-state index in [1.165, 1.54) is 0 Å². The normalized spacial score (nSPS) is 11.5. The number of halogens is 3. The summed E-state index contributed by atoms with van der Waals surface area (Å²) in [6, 6.07) is 14.5. The Morgan fingerprint density at radius 3 is 2.47 bits per heavy atom. The van der Waals surface area contributed by atoms with Crippen LogP contribution < -0.4 is 32.0 Å². The number of rotatable bonds is 12. The summed E-state index contributed by atoms with van der Waals surface area (Å²) >= 11 is 0. The van der Waals surface area contributed by atoms with E-state index in [1.54, 1.807) is 30.4 Å². The van der Waals surface area contributed by atoms with Crippen molar-refractivity contribution in [2.75, 3.05) is 25.0 Å². The van der Waals surface area contributed by atoms with Crippen LogP contribution in [0, 0.1) is 0 Å². The summed E-state index contributed by atoms with van der Waals surface area (Å²) in [5, 5.41) is 7.22. The zero-order valence-corrected chi connectivity index (χ0v) is 18.7. The summed E-state index contributed by atoms with van der Waals surface area (Å²) in [4.78, 5) is 24.1. The van der Waals surface area contributed by atoms with Crippen LogP contribution in [-0.2, 0) is 11.2 Å². The van der Waals surface area contributed by atoms with Crippen molar-refractivity contribution in [3.05, 3.63) is 71.6 Å². The van der Waals surface area contributed by atoms with Gasteiger partial charge in [0, 0.05) is 18.3 Å². The molecule has 0 atom stereocenters. The largest absolute Gasteiger partial charge is 0.491 e. The topological polar surface area (TPSA) is 118 Å². The number of benzene rings is 2. The van der Waals surface area contributed by atoms with Crippen molar-refractivity contribution in [3.63, 3.8) is 0 Å². The maximum absolute atomic E-state index is 12.4. The highest BCUT2D eigenvalue weighted by molar-refractivity contribution is 5.95. The first-order chi connectivity index (χ1) is 16.2. The summed E-state index contributed by atoms with van der Waals surface area (Å²) in [6.45, 7) is 1.10. The van der Waals surface area contributed by atoms with Gasteiger partial charge in [0.05, 0.1) is 12.3 Å². The van der Waals surface area contributed by atoms with Crippen molar-refractivity contribution >= 4 is 17.5 Å². The van der Waals surface area contributed by atoms with Gasteiger partial charge in [0.2, 0.25) is 0 Å². The number of amides is 2. The second kappa shape index (κ2) is 13.1. The Kier molecular flexibility index (Phi) is 10.2. The molecule has 0 radical (unpaired) electrons. The van der Waals surface area contributed by atoms with Crippen LogP contribution in [0.2, 0.25) is 0 Å². The molecule has 0 aromatic heterocycles. The minimum atomic E-state index is -4.56. The third kappa shape index (κ3) is 9.02. The van der Waals surface area contributed by atoms with Gasteiger partial charge >= 0.3 is 6.18 Å². The Morgan fingerprint density at radius 1 is 1.09 bits per heavy atom. The molecule has 0 aliphatic rings. The van der Waals surface area contributed by atoms with Gasteiger partial charge in [-0.25, -0.2) is 0 Å². The summed E-state index contributed by atoms with van der Waals surface area (Å²) in [5.41, 5.74) is 3.65. The molecule has 34 heavy (non-hydrogen) atoms. The number of nitrogens with two attached hydrogens (primary N) is 1. The molecule has 0 aliphatic carbocycles. The number of anilines is 1. The molecular formula is C23H28F3N5O3. The van der Waals surface area contributed by atoms with Gasteiger partial charge in [-0.1, -0.05) is 30.3 Å². The smallest absolute Gasteiger partial charge is 0.405 e. The van der Waals surface area contributed by atoms with E-state index in [1.807, 2.05) is 30.3 Å². The van der Waals surface area contributed by atoms with Gasteiger partial charge in [0.25, 0.3) is 11.8 Å². The fourth-order valence-corrected chi connectivity index (χ4v) is 2.87. The fraction of sp³-hybridized carbons (Fsp3) is 0.304. The molecule has 184 valence electrons. The molecule has 2 aromatic rings. The number of hydrogen-bond donors (Lipinski definition) is 5. The molecule has 8 nitrogen and oxygen atoms in total. The average Bonchev–Trinajstić information content (AvgIpc) is 2.81. The zero-order chi connectivity index (χ0) is 25.0. The number of hydrazine groups is 1. The number of hydrogen-bond acceptors (Lipinski definition) is 6. The van der Waals surface area contributed by atoms with Gasteiger partial charge in [0.15, 0.2) is 0 Å². The molecule has 0 fully saturated rings. The predicted octanol–water partition coefficient (Wildman–Crippen LogP) is 2.84. The van der Waals surface area contributed by atoms with E-state index in [9.17, 15) is 22.8 Å². The average molecular weight is 480 g/mol. The zero-order valence-electron chi connectivity index (χ0n) is 18.7. The number of alkyl halides is 3. The minimum Gasteiger partial charge on any atom is -0.491 e. The molecule has 0 aliphatic heterocycles. The first-order valence-corrected chi connectivity index (χ1v) is 10.6. The van der Waals surface area contributed by atoms with E-state index in [4.69, 9.17) is 10.6 Å². The molecule has 2 amide bonds. The molecule has 0 saturated heterocycles. The number of carbonyl (C=O) groups is 2. The number of aryl methyl sites for hydroxylation is 1. The summed E-state index contributed by atoms with van der Waals surface area (Å²) in [5.74, 6) is 4.29. The molecule has 6 N–H and O–H groups in total. The fourth-order valence-electron chi connectivity index (χ4n) is 2.87. The van der Waals surface area contributed by atoms with Crippen LogP contribution in [-0.4, -0.2) is 37.7 Å². The van der Waals surface area contributed by atoms with Gasteiger partial charge in [0.1, 0.15) is 18.0 Å². The van der Waals surface area contributed by atoms with Crippen molar-refractivity contribution in [1.29, 1.82) is 0 Å². The molecule has 2 aromatic carbocycles. The lowest BCUT2D eigenvalue weighted by atomic mass is 10.1. The third-order valence-corrected chi connectivity index (χ3v) is 4.51. The lowest BCUT2D eigenvalue weighted by molar-refractivity contribution is -0.136. The molecule has 11 heteroatoms. The molecule has 0 saturated carbocycles. The van der Waals surface area contributed by atoms with Crippen molar-refractivity contribution < 1.29 is 27.5 Å². The molecule has 0 heterocycles. The summed E-state index contributed by atoms with van der Waals surface area (Å²) < 4.78 is 42.9. The minimum absolute atomic E-state index is 0.283. The molecule has 0 bridgehead atoms. The second-order valence-electron chi connectivity index (χ2n) is 7.15. The predicted molar refractivity (Wildman–Crippen MR) is 123 cm³/mol. The first kappa shape index (κ1) is 26.5. The van der Waals surface area contributed by atoms with Crippen LogP contribution in [0.15, 0.2) is 60.4 Å². The van der Waals surface area contributed by atoms with Crippen molar-refractivity contribution in [2.45, 2.75) is 25.9 Å². The lowest BCUT2D eigenvalue weighted by Crippen LogP contribution is -2.39. The Balaban J connectivity index is 2.12. The van der Waals surface area contributed by atoms with Gasteiger partial charge in [-0.3, -0.25) is 15.4 Å². The number of carbonyl (C=O) groups excluding carboxylic acids is 2. The van der Waals surface area contributed by atoms with Crippen LogP contribution in [0.4, 0.5) is 18.9 Å². The van der Waals surface area contributed by atoms with Crippen LogP contribution >= 0.6 is 0 Å². The van der Waals surface area contributed by atoms with E-state index in [2.05, 4.69) is 16.1 Å². The SMILES string of the molecule is CCNC(=O)c1ccc(NC=C(NN)C(=O)NCC(F)(F)F)c(OCCCc2ccccc2)c1. The highest BCUT2D eigenvalue weighted by atomic mass is 19.4. The van der Waals surface area contributed by atoms with Gasteiger partial charge < -0.3 is 26.1 Å². The van der Waals surface area contributed by atoms with Crippen LogP contribution in [0.25, 0.3) is 0 Å². The third-order valence-electron chi connectivity index (χ3n) is 4.51. The van der Waals surface area contributed by atoms with E-state index in [0.717, 1.165) is 18.2 Å². The van der Waals surface area contributed by atoms with Crippen LogP contribution in [0.1, 0.15) is 29.3 Å². The van der Waals surface area contributed by atoms with E-state index in [-0.39, 0.29) is 11.6 Å². The van der Waals surface area contributed by atoms with Crippen molar-refractivity contribution in [3.8, 4) is 5.75 Å². The second-order valence-corrected chi connectivity index (χ2v) is 7.15. The van der Waals surface area contributed by atoms with Crippen molar-refractivity contribution in [1.82, 2.24) is 16.1 Å². The maximum Gasteiger partial charge on any atom is 0.405 e. The van der Waals surface area contributed by atoms with E-state index in [0.29, 0.717) is 36.6 Å². The summed E-state index contributed by atoms with van der Waals surface area (Å²) in [7, 11) is 0. The standard InChI is InChI=1S/C23H28F3N5O3/c1-2-28-21(32)17-10-11-18(29-14-19(31-27)22(33)30-15-23(24,25)26)20(13-17)34-12-6-9-16-7-4-3-5-8-16/h3-5,7-8,10-11,13-14,29,31H,2,6,9,12,15,27H2,1H3,(H,28,32)(H,30,33). The quantitative estimate of drug-likeness (QED) is 0.138. The van der Waals surface area contributed by atoms with Gasteiger partial charge in [-0.15, -0.1) is 0 Å². The van der Waals surface area contributed by atoms with E-state index < -0.39 is 18.6 Å². The Labute approximate surface area is 195 Å². The summed E-state index contributed by atoms with van der Waals surface area (Å²) in [6.07, 6.45) is -1.94. The Bertz CT molecular complexity index is 982.